The summed E-state index contributed by atoms with van der Waals surface area (Å²) in [6.07, 6.45) is 25.6. The van der Waals surface area contributed by atoms with Crippen LogP contribution in [0.3, 0.4) is 0 Å². The third kappa shape index (κ3) is 20.1. The summed E-state index contributed by atoms with van der Waals surface area (Å²) in [5.41, 5.74) is 0. The van der Waals surface area contributed by atoms with Crippen LogP contribution in [-0.4, -0.2) is 11.1 Å². The van der Waals surface area contributed by atoms with Gasteiger partial charge in [-0.1, -0.05) is 144 Å². The van der Waals surface area contributed by atoms with Crippen molar-refractivity contribution in [3.05, 3.63) is 0 Å². The van der Waals surface area contributed by atoms with Crippen molar-refractivity contribution in [3.8, 4) is 0 Å². The molecule has 0 bridgehead atoms. The van der Waals surface area contributed by atoms with Crippen molar-refractivity contribution in [3.63, 3.8) is 0 Å². The number of carboxylic acids is 1. The summed E-state index contributed by atoms with van der Waals surface area (Å²) in [5.74, 6) is 1.45. The average Bonchev–Trinajstić information content (AvgIpc) is 2.75. The van der Waals surface area contributed by atoms with Crippen molar-refractivity contribution in [2.75, 3.05) is 0 Å². The van der Waals surface area contributed by atoms with Gasteiger partial charge in [0.2, 0.25) is 0 Å². The van der Waals surface area contributed by atoms with Crippen LogP contribution in [0.25, 0.3) is 0 Å². The molecule has 3 atom stereocenters. The van der Waals surface area contributed by atoms with Crippen molar-refractivity contribution in [2.24, 2.45) is 23.7 Å². The summed E-state index contributed by atoms with van der Waals surface area (Å²) in [7, 11) is 0. The maximum absolute atomic E-state index is 11.8. The molecule has 0 aromatic rings. The van der Waals surface area contributed by atoms with Gasteiger partial charge in [0.05, 0.1) is 5.92 Å². The van der Waals surface area contributed by atoms with Crippen molar-refractivity contribution in [1.82, 2.24) is 0 Å². The lowest BCUT2D eigenvalue weighted by molar-refractivity contribution is -0.142. The van der Waals surface area contributed by atoms with Gasteiger partial charge in [0.1, 0.15) is 0 Å². The van der Waals surface area contributed by atoms with Crippen LogP contribution in [0, 0.1) is 23.7 Å². The molecule has 0 rings (SSSR count). The Balaban J connectivity index is 3.78. The molecule has 192 valence electrons. The number of unbranched alkanes of at least 4 members (excludes halogenated alkanes) is 10. The van der Waals surface area contributed by atoms with E-state index in [0.29, 0.717) is 11.8 Å². The summed E-state index contributed by atoms with van der Waals surface area (Å²) < 4.78 is 0. The van der Waals surface area contributed by atoms with Crippen molar-refractivity contribution in [1.29, 1.82) is 0 Å². The number of carbonyl (C=O) groups is 1. The molecular weight excluding hydrogens is 392 g/mol. The zero-order chi connectivity index (χ0) is 24.0. The predicted molar refractivity (Wildman–Crippen MR) is 142 cm³/mol. The fourth-order valence-corrected chi connectivity index (χ4v) is 5.12. The first-order valence-corrected chi connectivity index (χ1v) is 14.6. The van der Waals surface area contributed by atoms with Crippen molar-refractivity contribution in [2.45, 2.75) is 163 Å². The van der Waals surface area contributed by atoms with E-state index >= 15 is 0 Å². The second-order valence-corrected chi connectivity index (χ2v) is 11.3. The first-order valence-electron chi connectivity index (χ1n) is 14.6. The molecule has 0 heterocycles. The van der Waals surface area contributed by atoms with Gasteiger partial charge < -0.3 is 5.11 Å². The molecule has 0 aliphatic carbocycles. The van der Waals surface area contributed by atoms with Gasteiger partial charge in [-0.15, -0.1) is 0 Å². The molecular formula is C30H60O2. The number of aliphatic carboxylic acids is 1. The Labute approximate surface area is 202 Å². The van der Waals surface area contributed by atoms with Crippen LogP contribution in [0.15, 0.2) is 0 Å². The molecule has 0 aliphatic heterocycles. The molecule has 3 unspecified atom stereocenters. The minimum absolute atomic E-state index is 0.128. The quantitative estimate of drug-likeness (QED) is 0.148. The lowest BCUT2D eigenvalue weighted by Gasteiger charge is -2.22. The molecule has 2 heteroatoms. The molecule has 0 fully saturated rings. The smallest absolute Gasteiger partial charge is 0.306 e. The fourth-order valence-electron chi connectivity index (χ4n) is 5.12. The highest BCUT2D eigenvalue weighted by Gasteiger charge is 2.22. The first kappa shape index (κ1) is 31.5. The maximum Gasteiger partial charge on any atom is 0.306 e. The molecule has 0 aliphatic rings. The van der Waals surface area contributed by atoms with Gasteiger partial charge in [-0.2, -0.15) is 0 Å². The zero-order valence-electron chi connectivity index (χ0n) is 22.8. The Hall–Kier alpha value is -0.530. The summed E-state index contributed by atoms with van der Waals surface area (Å²) >= 11 is 0. The summed E-state index contributed by atoms with van der Waals surface area (Å²) in [4.78, 5) is 11.8. The van der Waals surface area contributed by atoms with Gasteiger partial charge in [0, 0.05) is 0 Å². The monoisotopic (exact) mass is 452 g/mol. The van der Waals surface area contributed by atoms with E-state index in [1.54, 1.807) is 0 Å². The highest BCUT2D eigenvalue weighted by atomic mass is 16.4. The molecule has 0 spiro atoms. The lowest BCUT2D eigenvalue weighted by atomic mass is 9.83. The van der Waals surface area contributed by atoms with E-state index in [-0.39, 0.29) is 5.92 Å². The number of carboxylic acid groups (broad SMARTS) is 1. The van der Waals surface area contributed by atoms with E-state index in [4.69, 9.17) is 0 Å². The van der Waals surface area contributed by atoms with E-state index < -0.39 is 5.97 Å². The Kier molecular flexibility index (Phi) is 21.9. The molecule has 2 nitrogen and oxygen atoms in total. The highest BCUT2D eigenvalue weighted by molar-refractivity contribution is 5.69. The molecule has 0 saturated carbocycles. The average molecular weight is 453 g/mol. The molecule has 1 N–H and O–H groups in total. The summed E-state index contributed by atoms with van der Waals surface area (Å²) in [6.45, 7) is 11.4. The molecule has 0 saturated heterocycles. The van der Waals surface area contributed by atoms with Gasteiger partial charge in [-0.25, -0.2) is 0 Å². The Morgan fingerprint density at radius 2 is 1.12 bits per heavy atom. The summed E-state index contributed by atoms with van der Waals surface area (Å²) in [5, 5.41) is 9.73. The minimum atomic E-state index is -0.560. The SMILES string of the molecule is CCCCC(CCC)CC(CCC(C)CCCCCCCCCCCCC(C)C)C(=O)O. The van der Waals surface area contributed by atoms with Crippen LogP contribution in [0.4, 0.5) is 0 Å². The predicted octanol–water partition coefficient (Wildman–Crippen LogP) is 10.4. The minimum Gasteiger partial charge on any atom is -0.481 e. The third-order valence-corrected chi connectivity index (χ3v) is 7.37. The second-order valence-electron chi connectivity index (χ2n) is 11.3. The van der Waals surface area contributed by atoms with Gasteiger partial charge in [0.25, 0.3) is 0 Å². The number of hydrogen-bond donors (Lipinski definition) is 1. The molecule has 0 amide bonds. The van der Waals surface area contributed by atoms with E-state index in [1.807, 2.05) is 0 Å². The highest BCUT2D eigenvalue weighted by Crippen LogP contribution is 2.28. The van der Waals surface area contributed by atoms with Crippen LogP contribution in [0.5, 0.6) is 0 Å². The Morgan fingerprint density at radius 1 is 0.594 bits per heavy atom. The normalized spacial score (nSPS) is 14.6. The molecule has 0 radical (unpaired) electrons. The van der Waals surface area contributed by atoms with Crippen molar-refractivity contribution < 1.29 is 9.90 Å². The van der Waals surface area contributed by atoms with E-state index in [9.17, 15) is 9.90 Å². The van der Waals surface area contributed by atoms with Gasteiger partial charge >= 0.3 is 5.97 Å². The standard InChI is InChI=1S/C30H60O2/c1-6-8-22-28(19-7-2)25-29(30(31)32)24-23-27(5)21-18-16-14-12-10-9-11-13-15-17-20-26(3)4/h26-29H,6-25H2,1-5H3,(H,31,32). The van der Waals surface area contributed by atoms with Crippen LogP contribution in [-0.2, 0) is 4.79 Å². The van der Waals surface area contributed by atoms with Crippen molar-refractivity contribution >= 4 is 5.97 Å². The fraction of sp³-hybridized carbons (Fsp3) is 0.967. The lowest BCUT2D eigenvalue weighted by Crippen LogP contribution is -2.19. The molecule has 32 heavy (non-hydrogen) atoms. The van der Waals surface area contributed by atoms with Crippen LogP contribution in [0.2, 0.25) is 0 Å². The van der Waals surface area contributed by atoms with Gasteiger partial charge in [-0.05, 0) is 37.0 Å². The van der Waals surface area contributed by atoms with E-state index in [1.165, 1.54) is 109 Å². The van der Waals surface area contributed by atoms with Crippen LogP contribution in [0.1, 0.15) is 163 Å². The largest absolute Gasteiger partial charge is 0.481 e. The number of hydrogen-bond acceptors (Lipinski definition) is 1. The summed E-state index contributed by atoms with van der Waals surface area (Å²) in [6, 6.07) is 0. The second kappa shape index (κ2) is 22.3. The van der Waals surface area contributed by atoms with Gasteiger partial charge in [0.15, 0.2) is 0 Å². The molecule has 0 aromatic carbocycles. The topological polar surface area (TPSA) is 37.3 Å². The number of rotatable bonds is 24. The third-order valence-electron chi connectivity index (χ3n) is 7.37. The van der Waals surface area contributed by atoms with Crippen LogP contribution >= 0.6 is 0 Å². The Morgan fingerprint density at radius 3 is 1.59 bits per heavy atom. The first-order chi connectivity index (χ1) is 15.4. The maximum atomic E-state index is 11.8. The molecule has 0 aromatic heterocycles. The van der Waals surface area contributed by atoms with E-state index in [2.05, 4.69) is 34.6 Å². The van der Waals surface area contributed by atoms with Gasteiger partial charge in [-0.3, -0.25) is 4.79 Å². The Bertz CT molecular complexity index is 404. The van der Waals surface area contributed by atoms with Crippen LogP contribution < -0.4 is 0 Å². The van der Waals surface area contributed by atoms with E-state index in [0.717, 1.165) is 25.2 Å². The zero-order valence-corrected chi connectivity index (χ0v) is 22.8.